The van der Waals surface area contributed by atoms with Crippen molar-refractivity contribution in [2.24, 2.45) is 0 Å². The van der Waals surface area contributed by atoms with E-state index in [4.69, 9.17) is 16.0 Å². The number of furan rings is 1. The molecule has 0 saturated heterocycles. The summed E-state index contributed by atoms with van der Waals surface area (Å²) in [5.41, 5.74) is 2.70. The number of carbonyl (C=O) groups excluding carboxylic acids is 2. The number of aryl methyl sites for hydroxylation is 2. The Labute approximate surface area is 219 Å². The van der Waals surface area contributed by atoms with E-state index < -0.39 is 21.8 Å². The molecule has 190 valence electrons. The molecule has 2 amide bonds. The van der Waals surface area contributed by atoms with Crippen molar-refractivity contribution in [3.63, 3.8) is 0 Å². The van der Waals surface area contributed by atoms with Crippen LogP contribution in [0.2, 0.25) is 5.02 Å². The Balaban J connectivity index is 1.55. The lowest BCUT2D eigenvalue weighted by atomic mass is 10.1. The number of sulfonamides is 1. The Morgan fingerprint density at radius 3 is 2.41 bits per heavy atom. The standard InChI is InChI=1S/C27H24ClN3O5S/c1-17-9-12-23(18(2)14-17)31-37(34,35)25-15-19(10-11-22(25)28)26(32)30-24-8-4-3-7-21(24)27(33)29-16-20-6-5-13-36-20/h3-15,31H,16H2,1-2H3,(H,29,33)(H,30,32). The summed E-state index contributed by atoms with van der Waals surface area (Å²) < 4.78 is 34.0. The number of amides is 2. The lowest BCUT2D eigenvalue weighted by molar-refractivity contribution is 0.0949. The number of benzene rings is 3. The van der Waals surface area contributed by atoms with Crippen LogP contribution in [0.5, 0.6) is 0 Å². The third-order valence-corrected chi connectivity index (χ3v) is 7.38. The number of rotatable bonds is 8. The Hall–Kier alpha value is -4.08. The maximum Gasteiger partial charge on any atom is 0.263 e. The first-order valence-corrected chi connectivity index (χ1v) is 13.1. The molecule has 0 spiro atoms. The molecule has 0 fully saturated rings. The highest BCUT2D eigenvalue weighted by Gasteiger charge is 2.22. The molecule has 3 aromatic carbocycles. The minimum absolute atomic E-state index is 0.0356. The van der Waals surface area contributed by atoms with Gasteiger partial charge in [0.25, 0.3) is 21.8 Å². The van der Waals surface area contributed by atoms with Gasteiger partial charge in [0.05, 0.1) is 34.8 Å². The van der Waals surface area contributed by atoms with Gasteiger partial charge in [0.2, 0.25) is 0 Å². The zero-order valence-electron chi connectivity index (χ0n) is 20.0. The summed E-state index contributed by atoms with van der Waals surface area (Å²) in [6.07, 6.45) is 1.51. The summed E-state index contributed by atoms with van der Waals surface area (Å²) >= 11 is 6.21. The molecule has 4 rings (SSSR count). The van der Waals surface area contributed by atoms with E-state index in [0.717, 1.165) is 11.1 Å². The van der Waals surface area contributed by atoms with Crippen LogP contribution in [-0.2, 0) is 16.6 Å². The molecule has 0 unspecified atom stereocenters. The van der Waals surface area contributed by atoms with Gasteiger partial charge in [-0.1, -0.05) is 41.4 Å². The predicted octanol–water partition coefficient (Wildman–Crippen LogP) is 5.53. The van der Waals surface area contributed by atoms with Gasteiger partial charge >= 0.3 is 0 Å². The molecule has 3 N–H and O–H groups in total. The zero-order valence-corrected chi connectivity index (χ0v) is 21.6. The minimum Gasteiger partial charge on any atom is -0.467 e. The summed E-state index contributed by atoms with van der Waals surface area (Å²) in [5, 5.41) is 5.38. The summed E-state index contributed by atoms with van der Waals surface area (Å²) in [5.74, 6) is -0.436. The van der Waals surface area contributed by atoms with E-state index in [-0.39, 0.29) is 33.3 Å². The molecule has 0 atom stereocenters. The molecule has 8 nitrogen and oxygen atoms in total. The van der Waals surface area contributed by atoms with Crippen molar-refractivity contribution >= 4 is 44.8 Å². The van der Waals surface area contributed by atoms with Crippen LogP contribution in [0.1, 0.15) is 37.6 Å². The Morgan fingerprint density at radius 1 is 0.892 bits per heavy atom. The molecule has 10 heteroatoms. The van der Waals surface area contributed by atoms with Crippen LogP contribution in [-0.4, -0.2) is 20.2 Å². The van der Waals surface area contributed by atoms with E-state index in [0.29, 0.717) is 11.4 Å². The van der Waals surface area contributed by atoms with Crippen LogP contribution in [0, 0.1) is 13.8 Å². The van der Waals surface area contributed by atoms with Gasteiger partial charge in [0, 0.05) is 5.56 Å². The molecule has 1 aromatic heterocycles. The lowest BCUT2D eigenvalue weighted by Gasteiger charge is -2.14. The van der Waals surface area contributed by atoms with Gasteiger partial charge in [0.15, 0.2) is 0 Å². The number of para-hydroxylation sites is 1. The van der Waals surface area contributed by atoms with Crippen LogP contribution in [0.4, 0.5) is 11.4 Å². The third kappa shape index (κ3) is 6.19. The lowest BCUT2D eigenvalue weighted by Crippen LogP contribution is -2.24. The number of carbonyl (C=O) groups is 2. The number of anilines is 2. The Kier molecular flexibility index (Phi) is 7.66. The summed E-state index contributed by atoms with van der Waals surface area (Å²) in [4.78, 5) is 25.5. The number of hydrogen-bond acceptors (Lipinski definition) is 5. The molecule has 0 bridgehead atoms. The van der Waals surface area contributed by atoms with Crippen LogP contribution in [0.15, 0.2) is 88.4 Å². The van der Waals surface area contributed by atoms with Gasteiger partial charge in [0.1, 0.15) is 10.7 Å². The van der Waals surface area contributed by atoms with Crippen LogP contribution >= 0.6 is 11.6 Å². The average molecular weight is 538 g/mol. The highest BCUT2D eigenvalue weighted by atomic mass is 35.5. The maximum atomic E-state index is 13.1. The van der Waals surface area contributed by atoms with E-state index in [1.807, 2.05) is 13.0 Å². The Morgan fingerprint density at radius 2 is 1.68 bits per heavy atom. The van der Waals surface area contributed by atoms with Gasteiger partial charge in [-0.3, -0.25) is 14.3 Å². The second-order valence-electron chi connectivity index (χ2n) is 8.33. The molecule has 0 aliphatic heterocycles. The van der Waals surface area contributed by atoms with Crippen LogP contribution < -0.4 is 15.4 Å². The third-order valence-electron chi connectivity index (χ3n) is 5.53. The molecule has 37 heavy (non-hydrogen) atoms. The van der Waals surface area contributed by atoms with Crippen molar-refractivity contribution in [2.45, 2.75) is 25.3 Å². The monoisotopic (exact) mass is 537 g/mol. The maximum absolute atomic E-state index is 13.1. The fourth-order valence-corrected chi connectivity index (χ4v) is 5.30. The van der Waals surface area contributed by atoms with Crippen LogP contribution in [0.3, 0.4) is 0 Å². The fourth-order valence-electron chi connectivity index (χ4n) is 3.64. The quantitative estimate of drug-likeness (QED) is 0.273. The van der Waals surface area contributed by atoms with Crippen molar-refractivity contribution < 1.29 is 22.4 Å². The molecule has 0 saturated carbocycles. The van der Waals surface area contributed by atoms with E-state index in [1.54, 1.807) is 55.5 Å². The molecule has 0 radical (unpaired) electrons. The van der Waals surface area contributed by atoms with Gasteiger partial charge < -0.3 is 15.1 Å². The number of hydrogen-bond donors (Lipinski definition) is 3. The zero-order chi connectivity index (χ0) is 26.6. The van der Waals surface area contributed by atoms with Crippen molar-refractivity contribution in [3.05, 3.63) is 112 Å². The van der Waals surface area contributed by atoms with E-state index >= 15 is 0 Å². The van der Waals surface area contributed by atoms with Gasteiger partial charge in [-0.15, -0.1) is 0 Å². The summed E-state index contributed by atoms with van der Waals surface area (Å²) in [6.45, 7) is 3.88. The molecule has 1 heterocycles. The molecule has 4 aromatic rings. The van der Waals surface area contributed by atoms with Crippen molar-refractivity contribution in [2.75, 3.05) is 10.0 Å². The first-order chi connectivity index (χ1) is 17.6. The van der Waals surface area contributed by atoms with Crippen LogP contribution in [0.25, 0.3) is 0 Å². The highest BCUT2D eigenvalue weighted by Crippen LogP contribution is 2.27. The predicted molar refractivity (Wildman–Crippen MR) is 142 cm³/mol. The van der Waals surface area contributed by atoms with Crippen molar-refractivity contribution in [3.8, 4) is 0 Å². The van der Waals surface area contributed by atoms with Crippen molar-refractivity contribution in [1.29, 1.82) is 0 Å². The second-order valence-corrected chi connectivity index (χ2v) is 10.4. The summed E-state index contributed by atoms with van der Waals surface area (Å²) in [6, 6.07) is 19.2. The topological polar surface area (TPSA) is 118 Å². The van der Waals surface area contributed by atoms with E-state index in [9.17, 15) is 18.0 Å². The van der Waals surface area contributed by atoms with Gasteiger partial charge in [-0.05, 0) is 67.9 Å². The molecule has 0 aliphatic carbocycles. The first-order valence-electron chi connectivity index (χ1n) is 11.2. The Bertz CT molecular complexity index is 1570. The first kappa shape index (κ1) is 26.0. The SMILES string of the molecule is Cc1ccc(NS(=O)(=O)c2cc(C(=O)Nc3ccccc3C(=O)NCc3ccco3)ccc2Cl)c(C)c1. The normalized spacial score (nSPS) is 11.1. The molecular formula is C27H24ClN3O5S. The smallest absolute Gasteiger partial charge is 0.263 e. The average Bonchev–Trinajstić information content (AvgIpc) is 3.38. The van der Waals surface area contributed by atoms with Crippen molar-refractivity contribution in [1.82, 2.24) is 5.32 Å². The minimum atomic E-state index is -4.09. The number of nitrogens with one attached hydrogen (secondary N) is 3. The largest absolute Gasteiger partial charge is 0.467 e. The van der Waals surface area contributed by atoms with Gasteiger partial charge in [-0.2, -0.15) is 0 Å². The molecule has 0 aliphatic rings. The van der Waals surface area contributed by atoms with E-state index in [2.05, 4.69) is 15.4 Å². The van der Waals surface area contributed by atoms with Gasteiger partial charge in [-0.25, -0.2) is 8.42 Å². The second kappa shape index (κ2) is 10.9. The van der Waals surface area contributed by atoms with E-state index in [1.165, 1.54) is 24.5 Å². The number of halogens is 1. The fraction of sp³-hybridized carbons (Fsp3) is 0.111. The molecular weight excluding hydrogens is 514 g/mol. The summed E-state index contributed by atoms with van der Waals surface area (Å²) in [7, 11) is -4.09. The highest BCUT2D eigenvalue weighted by molar-refractivity contribution is 7.92.